The Morgan fingerprint density at radius 3 is 3.15 bits per heavy atom. The van der Waals surface area contributed by atoms with Crippen LogP contribution in [0.5, 0.6) is 0 Å². The number of pyridine rings is 1. The van der Waals surface area contributed by atoms with Crippen LogP contribution in [0.1, 0.15) is 10.4 Å². The summed E-state index contributed by atoms with van der Waals surface area (Å²) in [4.78, 5) is 17.7. The van der Waals surface area contributed by atoms with Crippen molar-refractivity contribution in [2.24, 2.45) is 0 Å². The molecule has 1 saturated heterocycles. The van der Waals surface area contributed by atoms with Gasteiger partial charge >= 0.3 is 0 Å². The van der Waals surface area contributed by atoms with E-state index in [-0.39, 0.29) is 25.6 Å². The van der Waals surface area contributed by atoms with E-state index in [1.54, 1.807) is 0 Å². The van der Waals surface area contributed by atoms with Gasteiger partial charge in [0.25, 0.3) is 12.3 Å². The summed E-state index contributed by atoms with van der Waals surface area (Å²) in [6.45, 7) is 0.218. The maximum atomic E-state index is 12.7. The molecule has 9 heteroatoms. The molecule has 0 bridgehead atoms. The number of amides is 1. The van der Waals surface area contributed by atoms with Crippen LogP contribution in [0.15, 0.2) is 12.3 Å². The van der Waals surface area contributed by atoms with Crippen molar-refractivity contribution >= 4 is 17.1 Å². The van der Waals surface area contributed by atoms with Gasteiger partial charge in [-0.3, -0.25) is 4.79 Å². The van der Waals surface area contributed by atoms with Crippen LogP contribution in [-0.4, -0.2) is 63.4 Å². The fourth-order valence-electron chi connectivity index (χ4n) is 2.11. The van der Waals surface area contributed by atoms with Gasteiger partial charge in [-0.1, -0.05) is 0 Å². The number of aromatic nitrogens is 4. The van der Waals surface area contributed by atoms with Crippen molar-refractivity contribution in [1.29, 1.82) is 0 Å². The first-order chi connectivity index (χ1) is 9.66. The Hall–Kier alpha value is -2.16. The lowest BCUT2D eigenvalue weighted by Gasteiger charge is -2.32. The molecule has 1 atom stereocenters. The SMILES string of the molecule is O=C(c1ccnc2n[nH]nc12)N1CCOC(C(F)F)C1. The molecule has 0 aromatic carbocycles. The third-order valence-electron chi connectivity index (χ3n) is 3.11. The number of alkyl halides is 2. The number of hydrogen-bond donors (Lipinski definition) is 1. The highest BCUT2D eigenvalue weighted by Crippen LogP contribution is 2.18. The lowest BCUT2D eigenvalue weighted by atomic mass is 10.2. The molecule has 2 aromatic rings. The number of morpholine rings is 1. The van der Waals surface area contributed by atoms with Gasteiger partial charge in [-0.2, -0.15) is 10.3 Å². The minimum atomic E-state index is -2.62. The van der Waals surface area contributed by atoms with Gasteiger partial charge in [0.1, 0.15) is 11.6 Å². The van der Waals surface area contributed by atoms with Crippen molar-refractivity contribution in [3.05, 3.63) is 17.8 Å². The predicted octanol–water partition coefficient (Wildman–Crippen LogP) is 0.459. The van der Waals surface area contributed by atoms with E-state index in [1.807, 2.05) is 0 Å². The fraction of sp³-hybridized carbons (Fsp3) is 0.455. The Morgan fingerprint density at radius 2 is 2.35 bits per heavy atom. The molecular formula is C11H11F2N5O2. The normalized spacial score (nSPS) is 19.8. The molecule has 1 fully saturated rings. The van der Waals surface area contributed by atoms with Crippen LogP contribution in [0.25, 0.3) is 11.2 Å². The maximum absolute atomic E-state index is 12.7. The Morgan fingerprint density at radius 1 is 1.50 bits per heavy atom. The highest BCUT2D eigenvalue weighted by molar-refractivity contribution is 6.03. The number of hydrogen-bond acceptors (Lipinski definition) is 5. The number of halogens is 2. The number of aromatic amines is 1. The molecular weight excluding hydrogens is 272 g/mol. The number of rotatable bonds is 2. The number of carbonyl (C=O) groups excluding carboxylic acids is 1. The summed E-state index contributed by atoms with van der Waals surface area (Å²) in [6.07, 6.45) is -2.43. The summed E-state index contributed by atoms with van der Waals surface area (Å²) in [6, 6.07) is 1.50. The average Bonchev–Trinajstić information content (AvgIpc) is 2.95. The van der Waals surface area contributed by atoms with Gasteiger partial charge in [0.2, 0.25) is 5.65 Å². The van der Waals surface area contributed by atoms with E-state index in [9.17, 15) is 13.6 Å². The van der Waals surface area contributed by atoms with Gasteiger partial charge in [0.15, 0.2) is 0 Å². The van der Waals surface area contributed by atoms with Crippen molar-refractivity contribution < 1.29 is 18.3 Å². The van der Waals surface area contributed by atoms with Crippen molar-refractivity contribution in [3.8, 4) is 0 Å². The molecule has 0 spiro atoms. The third kappa shape index (κ3) is 2.20. The molecule has 2 aromatic heterocycles. The molecule has 1 aliphatic heterocycles. The molecule has 0 saturated carbocycles. The lowest BCUT2D eigenvalue weighted by Crippen LogP contribution is -2.48. The van der Waals surface area contributed by atoms with Gasteiger partial charge in [-0.25, -0.2) is 13.8 Å². The van der Waals surface area contributed by atoms with E-state index >= 15 is 0 Å². The molecule has 1 unspecified atom stereocenters. The van der Waals surface area contributed by atoms with Crippen LogP contribution in [0.4, 0.5) is 8.78 Å². The maximum Gasteiger partial charge on any atom is 0.266 e. The number of fused-ring (bicyclic) bond motifs is 1. The van der Waals surface area contributed by atoms with E-state index in [1.165, 1.54) is 17.2 Å². The summed E-state index contributed by atoms with van der Waals surface area (Å²) < 4.78 is 30.3. The summed E-state index contributed by atoms with van der Waals surface area (Å²) in [5, 5.41) is 10.0. The minimum absolute atomic E-state index is 0.0911. The van der Waals surface area contributed by atoms with E-state index < -0.39 is 12.5 Å². The Labute approximate surface area is 111 Å². The van der Waals surface area contributed by atoms with Crippen LogP contribution >= 0.6 is 0 Å². The van der Waals surface area contributed by atoms with E-state index in [2.05, 4.69) is 20.4 Å². The van der Waals surface area contributed by atoms with Crippen molar-refractivity contribution in [2.75, 3.05) is 19.7 Å². The first kappa shape index (κ1) is 12.9. The molecule has 106 valence electrons. The molecule has 20 heavy (non-hydrogen) atoms. The topological polar surface area (TPSA) is 84.0 Å². The first-order valence-corrected chi connectivity index (χ1v) is 6.01. The van der Waals surface area contributed by atoms with Gasteiger partial charge in [-0.15, -0.1) is 5.10 Å². The number of nitrogens with one attached hydrogen (secondary N) is 1. The van der Waals surface area contributed by atoms with Crippen molar-refractivity contribution in [2.45, 2.75) is 12.5 Å². The second-order valence-corrected chi connectivity index (χ2v) is 4.35. The van der Waals surface area contributed by atoms with Crippen LogP contribution in [0.2, 0.25) is 0 Å². The molecule has 7 nitrogen and oxygen atoms in total. The molecule has 0 aliphatic carbocycles. The van der Waals surface area contributed by atoms with Crippen LogP contribution in [0, 0.1) is 0 Å². The monoisotopic (exact) mass is 283 g/mol. The van der Waals surface area contributed by atoms with Crippen molar-refractivity contribution in [3.63, 3.8) is 0 Å². The second kappa shape index (κ2) is 5.08. The quantitative estimate of drug-likeness (QED) is 0.865. The summed E-state index contributed by atoms with van der Waals surface area (Å²) in [7, 11) is 0. The Balaban J connectivity index is 1.87. The zero-order chi connectivity index (χ0) is 14.1. The molecule has 1 amide bonds. The predicted molar refractivity (Wildman–Crippen MR) is 63.3 cm³/mol. The van der Waals surface area contributed by atoms with Gasteiger partial charge < -0.3 is 9.64 Å². The molecule has 1 aliphatic rings. The third-order valence-corrected chi connectivity index (χ3v) is 3.11. The summed E-state index contributed by atoms with van der Waals surface area (Å²) in [5.41, 5.74) is 0.936. The largest absolute Gasteiger partial charge is 0.369 e. The van der Waals surface area contributed by atoms with Crippen LogP contribution < -0.4 is 0 Å². The average molecular weight is 283 g/mol. The molecule has 3 heterocycles. The number of carbonyl (C=O) groups is 1. The molecule has 0 radical (unpaired) electrons. The summed E-state index contributed by atoms with van der Waals surface area (Å²) in [5.74, 6) is -0.375. The van der Waals surface area contributed by atoms with Gasteiger partial charge in [0, 0.05) is 12.7 Å². The Kier molecular flexibility index (Phi) is 3.26. The number of ether oxygens (including phenoxy) is 1. The molecule has 3 rings (SSSR count). The summed E-state index contributed by atoms with van der Waals surface area (Å²) >= 11 is 0. The zero-order valence-electron chi connectivity index (χ0n) is 10.3. The highest BCUT2D eigenvalue weighted by Gasteiger charge is 2.31. The second-order valence-electron chi connectivity index (χ2n) is 4.35. The van der Waals surface area contributed by atoms with E-state index in [4.69, 9.17) is 4.74 Å². The fourth-order valence-corrected chi connectivity index (χ4v) is 2.11. The first-order valence-electron chi connectivity index (χ1n) is 6.01. The van der Waals surface area contributed by atoms with Crippen molar-refractivity contribution in [1.82, 2.24) is 25.3 Å². The van der Waals surface area contributed by atoms with Gasteiger partial charge in [-0.05, 0) is 6.07 Å². The van der Waals surface area contributed by atoms with Gasteiger partial charge in [0.05, 0.1) is 18.7 Å². The van der Waals surface area contributed by atoms with E-state index in [0.29, 0.717) is 16.7 Å². The number of H-pyrrole nitrogens is 1. The minimum Gasteiger partial charge on any atom is -0.369 e. The standard InChI is InChI=1S/C11H11F2N5O2/c12-9(13)7-5-18(3-4-20-7)11(19)6-1-2-14-10-8(6)15-17-16-10/h1-2,7,9H,3-5H2,(H,14,15,16,17). The smallest absolute Gasteiger partial charge is 0.266 e. The molecule has 1 N–H and O–H groups in total. The zero-order valence-corrected chi connectivity index (χ0v) is 10.3. The van der Waals surface area contributed by atoms with Crippen LogP contribution in [0.3, 0.4) is 0 Å². The Bertz CT molecular complexity index is 632. The highest BCUT2D eigenvalue weighted by atomic mass is 19.3. The van der Waals surface area contributed by atoms with E-state index in [0.717, 1.165) is 0 Å². The lowest BCUT2D eigenvalue weighted by molar-refractivity contribution is -0.0942. The van der Waals surface area contributed by atoms with Crippen LogP contribution in [-0.2, 0) is 4.74 Å². The number of nitrogens with zero attached hydrogens (tertiary/aromatic N) is 4.